The minimum absolute atomic E-state index is 0.0998. The summed E-state index contributed by atoms with van der Waals surface area (Å²) >= 11 is 0. The largest absolute Gasteiger partial charge is 0.496 e. The van der Waals surface area contributed by atoms with Crippen LogP contribution in [0.2, 0.25) is 0 Å². The van der Waals surface area contributed by atoms with Crippen molar-refractivity contribution in [2.45, 2.75) is 25.4 Å². The molecule has 3 aromatic rings. The summed E-state index contributed by atoms with van der Waals surface area (Å²) in [6, 6.07) is 10.0. The fourth-order valence-corrected chi connectivity index (χ4v) is 4.68. The number of anilines is 2. The van der Waals surface area contributed by atoms with Gasteiger partial charge in [-0.3, -0.25) is 14.7 Å². The molecule has 1 unspecified atom stereocenters. The van der Waals surface area contributed by atoms with Gasteiger partial charge >= 0.3 is 0 Å². The van der Waals surface area contributed by atoms with Crippen LogP contribution in [0.3, 0.4) is 0 Å². The third-order valence-corrected chi connectivity index (χ3v) is 6.52. The Morgan fingerprint density at radius 3 is 2.79 bits per heavy atom. The number of carbonyl (C=O) groups is 1. The molecule has 1 amide bonds. The van der Waals surface area contributed by atoms with Crippen LogP contribution in [0.4, 0.5) is 16.0 Å². The number of aryl methyl sites for hydroxylation is 1. The van der Waals surface area contributed by atoms with E-state index in [2.05, 4.69) is 4.98 Å². The van der Waals surface area contributed by atoms with Crippen molar-refractivity contribution in [3.8, 4) is 17.0 Å². The molecular weight excluding hydrogens is 437 g/mol. The van der Waals surface area contributed by atoms with Gasteiger partial charge in [-0.2, -0.15) is 0 Å². The number of amides is 1. The van der Waals surface area contributed by atoms with Crippen molar-refractivity contribution >= 4 is 17.5 Å². The molecule has 0 aliphatic carbocycles. The molecule has 1 aromatic carbocycles. The Labute approximate surface area is 196 Å². The molecule has 34 heavy (non-hydrogen) atoms. The van der Waals surface area contributed by atoms with Crippen LogP contribution in [0.15, 0.2) is 42.6 Å². The maximum absolute atomic E-state index is 14.8. The van der Waals surface area contributed by atoms with Gasteiger partial charge in [-0.05, 0) is 49.2 Å². The highest BCUT2D eigenvalue weighted by Gasteiger charge is 2.36. The lowest BCUT2D eigenvalue weighted by atomic mass is 10.0. The third-order valence-electron chi connectivity index (χ3n) is 6.52. The van der Waals surface area contributed by atoms with Crippen LogP contribution in [0.25, 0.3) is 11.3 Å². The summed E-state index contributed by atoms with van der Waals surface area (Å²) in [6.45, 7) is 3.20. The van der Waals surface area contributed by atoms with Crippen molar-refractivity contribution in [2.24, 2.45) is 5.73 Å². The normalized spacial score (nSPS) is 19.6. The number of nitrogens with two attached hydrogens (primary N) is 1. The number of carbonyl (C=O) groups excluding carboxylic acids is 1. The number of pyridine rings is 2. The maximum atomic E-state index is 14.8. The summed E-state index contributed by atoms with van der Waals surface area (Å²) in [4.78, 5) is 26.2. The number of aromatic nitrogens is 2. The Kier molecular flexibility index (Phi) is 5.45. The molecule has 5 rings (SSSR count). The molecule has 3 N–H and O–H groups in total. The minimum Gasteiger partial charge on any atom is -0.496 e. The van der Waals surface area contributed by atoms with Crippen LogP contribution in [0.5, 0.6) is 5.75 Å². The lowest BCUT2D eigenvalue weighted by Crippen LogP contribution is -2.46. The number of fused-ring (bicyclic) bond motifs is 1. The molecule has 4 heterocycles. The molecule has 176 valence electrons. The fourth-order valence-electron chi connectivity index (χ4n) is 4.68. The van der Waals surface area contributed by atoms with E-state index in [1.165, 1.54) is 19.4 Å². The monoisotopic (exact) mass is 463 g/mol. The lowest BCUT2D eigenvalue weighted by molar-refractivity contribution is 0.0996. The summed E-state index contributed by atoms with van der Waals surface area (Å²) in [5.41, 5.74) is 8.22. The first-order valence-electron chi connectivity index (χ1n) is 11.1. The first-order valence-corrected chi connectivity index (χ1v) is 11.1. The highest BCUT2D eigenvalue weighted by atomic mass is 19.1. The van der Waals surface area contributed by atoms with E-state index in [1.807, 2.05) is 24.0 Å². The Morgan fingerprint density at radius 1 is 1.26 bits per heavy atom. The fraction of sp³-hybridized carbons (Fsp3) is 0.320. The average Bonchev–Trinajstić information content (AvgIpc) is 3.40. The van der Waals surface area contributed by atoms with Crippen LogP contribution >= 0.6 is 0 Å². The van der Waals surface area contributed by atoms with Gasteiger partial charge in [0.15, 0.2) is 0 Å². The smallest absolute Gasteiger partial charge is 0.260 e. The Bertz CT molecular complexity index is 1280. The number of nitrogens with zero attached hydrogens (tertiary/aromatic N) is 4. The Balaban J connectivity index is 1.52. The number of hydrogen-bond donors (Lipinski definition) is 2. The number of rotatable bonds is 5. The molecule has 1 atom stereocenters. The van der Waals surface area contributed by atoms with Gasteiger partial charge in [0, 0.05) is 30.4 Å². The summed E-state index contributed by atoms with van der Waals surface area (Å²) in [5, 5.41) is 9.62. The first kappa shape index (κ1) is 22.2. The second kappa shape index (κ2) is 8.34. The van der Waals surface area contributed by atoms with Crippen molar-refractivity contribution in [2.75, 3.05) is 36.6 Å². The van der Waals surface area contributed by atoms with Crippen molar-refractivity contribution in [1.29, 1.82) is 0 Å². The molecule has 8 nitrogen and oxygen atoms in total. The molecule has 2 aliphatic rings. The van der Waals surface area contributed by atoms with Gasteiger partial charge < -0.3 is 20.5 Å². The summed E-state index contributed by atoms with van der Waals surface area (Å²) in [6.07, 6.45) is 2.17. The zero-order valence-electron chi connectivity index (χ0n) is 19.1. The number of benzene rings is 1. The van der Waals surface area contributed by atoms with Gasteiger partial charge in [-0.1, -0.05) is 6.07 Å². The SMILES string of the molecule is COc1cccc(F)c1-c1nccc2c1CN(c1cc(C)cc(N3CCC(N)(CO)C3)n1)C2=O. The van der Waals surface area contributed by atoms with Crippen molar-refractivity contribution in [1.82, 2.24) is 9.97 Å². The number of ether oxygens (including phenoxy) is 1. The molecule has 0 spiro atoms. The molecule has 0 bridgehead atoms. The van der Waals surface area contributed by atoms with E-state index in [9.17, 15) is 14.3 Å². The standard InChI is InChI=1S/C25H26FN5O3/c1-15-10-20(30-9-7-25(27,13-30)14-32)29-21(11-15)31-12-17-16(24(31)33)6-8-28-23(17)22-18(26)4-3-5-19(22)34-2/h3-6,8,10-11,32H,7,9,12-14,27H2,1-2H3. The van der Waals surface area contributed by atoms with Gasteiger partial charge in [0.25, 0.3) is 5.91 Å². The van der Waals surface area contributed by atoms with E-state index in [-0.39, 0.29) is 24.6 Å². The van der Waals surface area contributed by atoms with E-state index in [0.29, 0.717) is 53.7 Å². The molecule has 0 radical (unpaired) electrons. The summed E-state index contributed by atoms with van der Waals surface area (Å²) < 4.78 is 20.2. The van der Waals surface area contributed by atoms with Gasteiger partial charge in [0.05, 0.1) is 37.1 Å². The zero-order chi connectivity index (χ0) is 24.0. The van der Waals surface area contributed by atoms with Crippen LogP contribution in [-0.4, -0.2) is 53.3 Å². The van der Waals surface area contributed by atoms with E-state index in [4.69, 9.17) is 15.5 Å². The Morgan fingerprint density at radius 2 is 2.06 bits per heavy atom. The molecular formula is C25H26FN5O3. The maximum Gasteiger partial charge on any atom is 0.260 e. The molecule has 0 saturated carbocycles. The summed E-state index contributed by atoms with van der Waals surface area (Å²) in [5.74, 6) is 0.869. The van der Waals surface area contributed by atoms with Crippen molar-refractivity contribution < 1.29 is 19.0 Å². The molecule has 1 fully saturated rings. The number of aliphatic hydroxyl groups is 1. The highest BCUT2D eigenvalue weighted by molar-refractivity contribution is 6.10. The van der Waals surface area contributed by atoms with Gasteiger partial charge in [0.2, 0.25) is 0 Å². The molecule has 9 heteroatoms. The number of halogens is 1. The minimum atomic E-state index is -0.662. The number of methoxy groups -OCH3 is 1. The van der Waals surface area contributed by atoms with Crippen LogP contribution in [0, 0.1) is 12.7 Å². The Hall–Kier alpha value is -3.56. The van der Waals surface area contributed by atoms with E-state index in [0.717, 1.165) is 5.56 Å². The molecule has 1 saturated heterocycles. The van der Waals surface area contributed by atoms with Crippen LogP contribution in [0.1, 0.15) is 27.9 Å². The highest BCUT2D eigenvalue weighted by Crippen LogP contribution is 2.39. The second-order valence-electron chi connectivity index (χ2n) is 8.95. The van der Waals surface area contributed by atoms with E-state index < -0.39 is 11.4 Å². The van der Waals surface area contributed by atoms with Crippen molar-refractivity contribution in [3.63, 3.8) is 0 Å². The number of aliphatic hydroxyl groups excluding tert-OH is 1. The van der Waals surface area contributed by atoms with Gasteiger partial charge in [0.1, 0.15) is 23.2 Å². The predicted octanol–water partition coefficient (Wildman–Crippen LogP) is 2.66. The first-order chi connectivity index (χ1) is 16.3. The molecule has 2 aliphatic heterocycles. The topological polar surface area (TPSA) is 105 Å². The zero-order valence-corrected chi connectivity index (χ0v) is 19.1. The number of hydrogen-bond acceptors (Lipinski definition) is 7. The summed E-state index contributed by atoms with van der Waals surface area (Å²) in [7, 11) is 1.47. The van der Waals surface area contributed by atoms with Crippen LogP contribution in [-0.2, 0) is 6.54 Å². The van der Waals surface area contributed by atoms with E-state index >= 15 is 0 Å². The average molecular weight is 464 g/mol. The lowest BCUT2D eigenvalue weighted by Gasteiger charge is -2.24. The predicted molar refractivity (Wildman–Crippen MR) is 127 cm³/mol. The van der Waals surface area contributed by atoms with E-state index in [1.54, 1.807) is 23.1 Å². The van der Waals surface area contributed by atoms with Crippen molar-refractivity contribution in [3.05, 3.63) is 65.1 Å². The van der Waals surface area contributed by atoms with Gasteiger partial charge in [-0.15, -0.1) is 0 Å². The van der Waals surface area contributed by atoms with Crippen LogP contribution < -0.4 is 20.3 Å². The van der Waals surface area contributed by atoms with Gasteiger partial charge in [-0.25, -0.2) is 9.37 Å². The molecule has 2 aromatic heterocycles. The quantitative estimate of drug-likeness (QED) is 0.599. The second-order valence-corrected chi connectivity index (χ2v) is 8.95. The third kappa shape index (κ3) is 3.66.